The minimum Gasteiger partial charge on any atom is -0.684 e. The van der Waals surface area contributed by atoms with Crippen LogP contribution in [0.2, 0.25) is 0 Å². The van der Waals surface area contributed by atoms with Crippen LogP contribution in [0, 0.1) is 0 Å². The minimum atomic E-state index is -4.66. The zero-order valence-corrected chi connectivity index (χ0v) is 12.8. The molecule has 0 aliphatic heterocycles. The molecule has 0 aliphatic carbocycles. The predicted octanol–water partition coefficient (Wildman–Crippen LogP) is 0.392. The quantitative estimate of drug-likeness (QED) is 0.605. The lowest BCUT2D eigenvalue weighted by molar-refractivity contribution is -0.421. The molecule has 0 unspecified atom stereocenters. The molecule has 0 amide bonds. The van der Waals surface area contributed by atoms with Crippen molar-refractivity contribution in [2.24, 2.45) is 0 Å². The lowest BCUT2D eigenvalue weighted by Gasteiger charge is -2.41. The van der Waals surface area contributed by atoms with E-state index in [1.807, 2.05) is 55.4 Å². The highest BCUT2D eigenvalue weighted by Crippen LogP contribution is 2.26. The molecule has 2 aromatic rings. The molecule has 110 valence electrons. The van der Waals surface area contributed by atoms with Gasteiger partial charge in [0.15, 0.2) is 0 Å². The molecular weight excluding hydrogens is 285 g/mol. The first kappa shape index (κ1) is 15.7. The van der Waals surface area contributed by atoms with Crippen LogP contribution in [0.25, 0.3) is 12.2 Å². The molecule has 0 saturated carbocycles. The average Bonchev–Trinajstić information content (AvgIpc) is 2.45. The minimum absolute atomic E-state index is 0.185. The Kier molecular flexibility index (Phi) is 4.76. The maximum Gasteiger partial charge on any atom is 0.0764 e. The molecule has 0 spiro atoms. The van der Waals surface area contributed by atoms with E-state index in [2.05, 4.69) is 0 Å². The van der Waals surface area contributed by atoms with Crippen molar-refractivity contribution >= 4 is 31.1 Å². The van der Waals surface area contributed by atoms with Crippen molar-refractivity contribution in [3.05, 3.63) is 59.7 Å². The predicted molar refractivity (Wildman–Crippen MR) is 82.7 cm³/mol. The Bertz CT molecular complexity index is 613. The maximum atomic E-state index is 10.9. The Labute approximate surface area is 125 Å². The number of anilines is 1. The molecule has 2 aromatic carbocycles. The van der Waals surface area contributed by atoms with Crippen LogP contribution < -0.4 is 24.9 Å². The van der Waals surface area contributed by atoms with Crippen LogP contribution in [0.15, 0.2) is 48.5 Å². The van der Waals surface area contributed by atoms with Gasteiger partial charge >= 0.3 is 0 Å². The zero-order chi connectivity index (χ0) is 15.5. The van der Waals surface area contributed by atoms with Gasteiger partial charge in [-0.15, -0.1) is 7.94 Å². The Hall–Kier alpha value is -1.71. The first-order chi connectivity index (χ1) is 9.86. The van der Waals surface area contributed by atoms with E-state index < -0.39 is 7.94 Å². The van der Waals surface area contributed by atoms with Gasteiger partial charge in [0.1, 0.15) is 0 Å². The molecule has 0 bridgehead atoms. The van der Waals surface area contributed by atoms with E-state index in [4.69, 9.17) is 0 Å². The van der Waals surface area contributed by atoms with E-state index in [-0.39, 0.29) is 5.30 Å². The third kappa shape index (κ3) is 4.38. The molecule has 0 N–H and O–H groups in total. The van der Waals surface area contributed by atoms with Crippen molar-refractivity contribution in [3.8, 4) is 0 Å². The van der Waals surface area contributed by atoms with E-state index >= 15 is 0 Å². The Morgan fingerprint density at radius 1 is 0.762 bits per heavy atom. The fourth-order valence-corrected chi connectivity index (χ4v) is 2.36. The van der Waals surface area contributed by atoms with E-state index in [1.165, 1.54) is 12.1 Å². The Balaban J connectivity index is 2.10. The van der Waals surface area contributed by atoms with Gasteiger partial charge in [0.05, 0.1) is 5.30 Å². The van der Waals surface area contributed by atoms with Crippen LogP contribution in [-0.4, -0.2) is 14.1 Å². The molecule has 0 aliphatic rings. The van der Waals surface area contributed by atoms with Crippen LogP contribution in [0.4, 0.5) is 5.69 Å². The third-order valence-electron chi connectivity index (χ3n) is 3.09. The zero-order valence-electron chi connectivity index (χ0n) is 11.9. The van der Waals surface area contributed by atoms with Gasteiger partial charge in [-0.2, -0.15) is 0 Å². The van der Waals surface area contributed by atoms with Gasteiger partial charge in [-0.25, -0.2) is 0 Å². The van der Waals surface area contributed by atoms with Crippen molar-refractivity contribution in [2.75, 3.05) is 19.0 Å². The molecule has 0 atom stereocenters. The molecule has 21 heavy (non-hydrogen) atoms. The molecule has 0 heterocycles. The largest absolute Gasteiger partial charge is 0.684 e. The summed E-state index contributed by atoms with van der Waals surface area (Å²) in [4.78, 5) is 34.6. The summed E-state index contributed by atoms with van der Waals surface area (Å²) >= 11 is 0. The molecule has 2 rings (SSSR count). The molecule has 0 saturated heterocycles. The van der Waals surface area contributed by atoms with Crippen LogP contribution in [0.5, 0.6) is 0 Å². The molecular formula is C16H16NO3P-2. The molecule has 5 heteroatoms. The Morgan fingerprint density at radius 2 is 1.19 bits per heavy atom. The molecule has 0 fully saturated rings. The van der Waals surface area contributed by atoms with Gasteiger partial charge in [-0.1, -0.05) is 36.4 Å². The van der Waals surface area contributed by atoms with Crippen molar-refractivity contribution in [1.29, 1.82) is 0 Å². The Morgan fingerprint density at radius 3 is 1.57 bits per heavy atom. The maximum absolute atomic E-state index is 10.9. The van der Waals surface area contributed by atoms with Gasteiger partial charge in [-0.3, -0.25) is 0 Å². The summed E-state index contributed by atoms with van der Waals surface area (Å²) in [5.41, 5.74) is 3.00. The lowest BCUT2D eigenvalue weighted by Crippen LogP contribution is -2.40. The smallest absolute Gasteiger partial charge is 0.0764 e. The van der Waals surface area contributed by atoms with Gasteiger partial charge < -0.3 is 19.6 Å². The fourth-order valence-electron chi connectivity index (χ4n) is 1.84. The highest BCUT2D eigenvalue weighted by molar-refractivity contribution is 7.62. The topological polar surface area (TPSA) is 72.4 Å². The number of hydrogen-bond donors (Lipinski definition) is 0. The van der Waals surface area contributed by atoms with Crippen LogP contribution in [-0.2, 0) is 0 Å². The van der Waals surface area contributed by atoms with Crippen LogP contribution in [0.3, 0.4) is 0 Å². The normalized spacial score (nSPS) is 11.9. The number of hydrogen-bond acceptors (Lipinski definition) is 4. The van der Waals surface area contributed by atoms with Gasteiger partial charge in [0.2, 0.25) is 0 Å². The van der Waals surface area contributed by atoms with E-state index in [0.717, 1.165) is 16.8 Å². The second-order valence-corrected chi connectivity index (χ2v) is 6.42. The van der Waals surface area contributed by atoms with Crippen LogP contribution in [0.1, 0.15) is 11.1 Å². The summed E-state index contributed by atoms with van der Waals surface area (Å²) in [6.45, 7) is 0. The summed E-state index contributed by atoms with van der Waals surface area (Å²) < 4.78 is 0. The van der Waals surface area contributed by atoms with E-state index in [1.54, 1.807) is 12.1 Å². The van der Waals surface area contributed by atoms with Gasteiger partial charge in [0.25, 0.3) is 0 Å². The summed E-state index contributed by atoms with van der Waals surface area (Å²) in [6.07, 6.45) is 3.80. The number of rotatable bonds is 4. The third-order valence-corrected chi connectivity index (χ3v) is 4.02. The molecule has 0 radical (unpaired) electrons. The molecule has 0 aromatic heterocycles. The molecule has 4 nitrogen and oxygen atoms in total. The second-order valence-electron chi connectivity index (χ2n) is 4.91. The van der Waals surface area contributed by atoms with Gasteiger partial charge in [-0.05, 0) is 35.4 Å². The number of benzene rings is 2. The highest BCUT2D eigenvalue weighted by atomic mass is 31.2. The first-order valence-corrected chi connectivity index (χ1v) is 7.99. The van der Waals surface area contributed by atoms with Crippen molar-refractivity contribution in [3.63, 3.8) is 0 Å². The van der Waals surface area contributed by atoms with Crippen molar-refractivity contribution in [2.45, 2.75) is 0 Å². The monoisotopic (exact) mass is 301 g/mol. The highest BCUT2D eigenvalue weighted by Gasteiger charge is 2.01. The average molecular weight is 301 g/mol. The summed E-state index contributed by atoms with van der Waals surface area (Å²) in [7, 11) is -0.692. The summed E-state index contributed by atoms with van der Waals surface area (Å²) in [5, 5.41) is -0.185. The standard InChI is InChI=1S/C16H18NO3P/c1-17(2)15-9-5-13(6-10-15)3-4-14-7-11-16(12-8-14)21(18,19)20/h3-12H,1-2H3,(H2,18,19,20)/p-2/b4-3+. The summed E-state index contributed by atoms with van der Waals surface area (Å²) in [6, 6.07) is 13.9. The van der Waals surface area contributed by atoms with Crippen molar-refractivity contribution < 1.29 is 14.7 Å². The second kappa shape index (κ2) is 6.37. The number of nitrogens with zero attached hydrogens (tertiary/aromatic N) is 1. The first-order valence-electron chi connectivity index (χ1n) is 6.44. The SMILES string of the molecule is CN(C)c1ccc(/C=C/c2ccc([P+]([O-])([O-])[O-])cc2)cc1. The van der Waals surface area contributed by atoms with E-state index in [0.29, 0.717) is 0 Å². The van der Waals surface area contributed by atoms with E-state index in [9.17, 15) is 14.7 Å². The van der Waals surface area contributed by atoms with Crippen LogP contribution >= 0.6 is 7.94 Å². The summed E-state index contributed by atoms with van der Waals surface area (Å²) in [5.74, 6) is 0. The fraction of sp³-hybridized carbons (Fsp3) is 0.125. The lowest BCUT2D eigenvalue weighted by atomic mass is 10.1. The van der Waals surface area contributed by atoms with Gasteiger partial charge in [0, 0.05) is 19.8 Å². The van der Waals surface area contributed by atoms with Crippen molar-refractivity contribution in [1.82, 2.24) is 0 Å².